The minimum Gasteiger partial charge on any atom is -0.507 e. The summed E-state index contributed by atoms with van der Waals surface area (Å²) in [6, 6.07) is 16.9. The van der Waals surface area contributed by atoms with Crippen LogP contribution in [0.4, 0.5) is 0 Å². The Morgan fingerprint density at radius 1 is 1.12 bits per heavy atom. The Labute approximate surface area is 147 Å². The summed E-state index contributed by atoms with van der Waals surface area (Å²) in [6.45, 7) is 4.21. The zero-order chi connectivity index (χ0) is 17.8. The molecule has 2 aromatic carbocycles. The van der Waals surface area contributed by atoms with Gasteiger partial charge in [0.25, 0.3) is 5.91 Å². The number of piperazine rings is 1. The fraction of sp³-hybridized carbons (Fsp3) is 0.300. The minimum atomic E-state index is -0.300. The average Bonchev–Trinajstić information content (AvgIpc) is 2.63. The first kappa shape index (κ1) is 17.0. The smallest absolute Gasteiger partial charge is 0.257 e. The molecule has 0 saturated carbocycles. The highest BCUT2D eigenvalue weighted by Gasteiger charge is 2.28. The van der Waals surface area contributed by atoms with Gasteiger partial charge in [-0.1, -0.05) is 36.4 Å². The van der Waals surface area contributed by atoms with Crippen molar-refractivity contribution in [3.05, 3.63) is 65.2 Å². The molecule has 0 radical (unpaired) electrons. The molecule has 0 spiro atoms. The summed E-state index contributed by atoms with van der Waals surface area (Å²) in [6.07, 6.45) is 0. The molecule has 0 aromatic heterocycles. The van der Waals surface area contributed by atoms with E-state index < -0.39 is 0 Å². The summed E-state index contributed by atoms with van der Waals surface area (Å²) < 4.78 is 0. The molecule has 0 bridgehead atoms. The standard InChI is InChI=1S/C20H21N3O2/c1-15-7-8-17(19(24)13-15)20(25)23-11-9-22(10-12-23)18(14-21)16-5-3-2-4-6-16/h2-8,13,18,24H,9-12H2,1H3. The van der Waals surface area contributed by atoms with E-state index in [9.17, 15) is 15.2 Å². The molecule has 3 rings (SSSR count). The van der Waals surface area contributed by atoms with Crippen LogP contribution in [-0.2, 0) is 0 Å². The number of rotatable bonds is 3. The maximum Gasteiger partial charge on any atom is 0.257 e. The van der Waals surface area contributed by atoms with Crippen LogP contribution < -0.4 is 0 Å². The van der Waals surface area contributed by atoms with Crippen LogP contribution in [0.25, 0.3) is 0 Å². The van der Waals surface area contributed by atoms with E-state index in [1.165, 1.54) is 0 Å². The molecule has 5 heteroatoms. The Morgan fingerprint density at radius 2 is 1.80 bits per heavy atom. The molecule has 1 N–H and O–H groups in total. The number of nitriles is 1. The van der Waals surface area contributed by atoms with Crippen molar-refractivity contribution in [2.24, 2.45) is 0 Å². The zero-order valence-corrected chi connectivity index (χ0v) is 14.2. The average molecular weight is 335 g/mol. The summed E-state index contributed by atoms with van der Waals surface area (Å²) in [5, 5.41) is 19.6. The number of hydrogen-bond acceptors (Lipinski definition) is 4. The third kappa shape index (κ3) is 3.65. The Balaban J connectivity index is 1.67. The quantitative estimate of drug-likeness (QED) is 0.936. The van der Waals surface area contributed by atoms with E-state index in [0.29, 0.717) is 31.7 Å². The van der Waals surface area contributed by atoms with E-state index in [1.807, 2.05) is 43.3 Å². The maximum atomic E-state index is 12.6. The number of phenolic OH excluding ortho intramolecular Hbond substituents is 1. The van der Waals surface area contributed by atoms with E-state index in [-0.39, 0.29) is 17.7 Å². The van der Waals surface area contributed by atoms with Crippen molar-refractivity contribution in [1.29, 1.82) is 5.26 Å². The lowest BCUT2D eigenvalue weighted by atomic mass is 10.1. The van der Waals surface area contributed by atoms with Gasteiger partial charge in [-0.2, -0.15) is 5.26 Å². The van der Waals surface area contributed by atoms with Crippen LogP contribution >= 0.6 is 0 Å². The van der Waals surface area contributed by atoms with Crippen molar-refractivity contribution < 1.29 is 9.90 Å². The predicted octanol–water partition coefficient (Wildman–Crippen LogP) is 2.72. The lowest BCUT2D eigenvalue weighted by molar-refractivity contribution is 0.0603. The second-order valence-electron chi connectivity index (χ2n) is 6.29. The Morgan fingerprint density at radius 3 is 2.40 bits per heavy atom. The summed E-state index contributed by atoms with van der Waals surface area (Å²) in [7, 11) is 0. The predicted molar refractivity (Wildman–Crippen MR) is 95.1 cm³/mol. The molecule has 2 aromatic rings. The number of phenols is 1. The highest BCUT2D eigenvalue weighted by atomic mass is 16.3. The van der Waals surface area contributed by atoms with Crippen molar-refractivity contribution in [2.75, 3.05) is 26.2 Å². The number of nitrogens with zero attached hydrogens (tertiary/aromatic N) is 3. The topological polar surface area (TPSA) is 67.6 Å². The zero-order valence-electron chi connectivity index (χ0n) is 14.2. The van der Waals surface area contributed by atoms with Crippen LogP contribution in [0.15, 0.2) is 48.5 Å². The van der Waals surface area contributed by atoms with Crippen molar-refractivity contribution in [3.8, 4) is 11.8 Å². The summed E-state index contributed by atoms with van der Waals surface area (Å²) in [4.78, 5) is 16.5. The minimum absolute atomic E-state index is 0.0200. The van der Waals surface area contributed by atoms with Gasteiger partial charge in [-0.25, -0.2) is 0 Å². The molecule has 0 aliphatic carbocycles. The lowest BCUT2D eigenvalue weighted by Gasteiger charge is -2.37. The van der Waals surface area contributed by atoms with E-state index in [0.717, 1.165) is 11.1 Å². The molecular formula is C20H21N3O2. The second kappa shape index (κ2) is 7.37. The lowest BCUT2D eigenvalue weighted by Crippen LogP contribution is -2.49. The highest BCUT2D eigenvalue weighted by molar-refractivity contribution is 5.97. The molecule has 1 atom stereocenters. The number of benzene rings is 2. The summed E-state index contributed by atoms with van der Waals surface area (Å²) in [5.74, 6) is -0.142. The Bertz CT molecular complexity index is 790. The van der Waals surface area contributed by atoms with Crippen LogP contribution in [0.2, 0.25) is 0 Å². The van der Waals surface area contributed by atoms with Crippen molar-refractivity contribution in [1.82, 2.24) is 9.80 Å². The van der Waals surface area contributed by atoms with Gasteiger partial charge in [0.15, 0.2) is 0 Å². The number of aryl methyl sites for hydroxylation is 1. The van der Waals surface area contributed by atoms with Crippen LogP contribution in [0.3, 0.4) is 0 Å². The summed E-state index contributed by atoms with van der Waals surface area (Å²) >= 11 is 0. The van der Waals surface area contributed by atoms with E-state index in [2.05, 4.69) is 11.0 Å². The number of amides is 1. The van der Waals surface area contributed by atoms with E-state index in [1.54, 1.807) is 17.0 Å². The van der Waals surface area contributed by atoms with E-state index >= 15 is 0 Å². The number of hydrogen-bond donors (Lipinski definition) is 1. The highest BCUT2D eigenvalue weighted by Crippen LogP contribution is 2.24. The van der Waals surface area contributed by atoms with Gasteiger partial charge in [-0.15, -0.1) is 0 Å². The third-order valence-corrected chi connectivity index (χ3v) is 4.59. The molecule has 25 heavy (non-hydrogen) atoms. The maximum absolute atomic E-state index is 12.6. The molecule has 5 nitrogen and oxygen atoms in total. The van der Waals surface area contributed by atoms with Gasteiger partial charge in [0.2, 0.25) is 0 Å². The van der Waals surface area contributed by atoms with Crippen LogP contribution in [0, 0.1) is 18.3 Å². The van der Waals surface area contributed by atoms with Gasteiger partial charge < -0.3 is 10.0 Å². The monoisotopic (exact) mass is 335 g/mol. The van der Waals surface area contributed by atoms with Gasteiger partial charge >= 0.3 is 0 Å². The number of aromatic hydroxyl groups is 1. The fourth-order valence-corrected chi connectivity index (χ4v) is 3.18. The Hall–Kier alpha value is -2.84. The first-order valence-corrected chi connectivity index (χ1v) is 8.37. The normalized spacial score (nSPS) is 16.2. The first-order chi connectivity index (χ1) is 12.1. The Kier molecular flexibility index (Phi) is 5.01. The second-order valence-corrected chi connectivity index (χ2v) is 6.29. The van der Waals surface area contributed by atoms with Crippen LogP contribution in [0.1, 0.15) is 27.5 Å². The van der Waals surface area contributed by atoms with Gasteiger partial charge in [0.1, 0.15) is 11.8 Å². The van der Waals surface area contributed by atoms with E-state index in [4.69, 9.17) is 0 Å². The van der Waals surface area contributed by atoms with Gasteiger partial charge in [0, 0.05) is 26.2 Å². The van der Waals surface area contributed by atoms with Crippen molar-refractivity contribution in [3.63, 3.8) is 0 Å². The van der Waals surface area contributed by atoms with Crippen molar-refractivity contribution in [2.45, 2.75) is 13.0 Å². The largest absolute Gasteiger partial charge is 0.507 e. The van der Waals surface area contributed by atoms with Crippen molar-refractivity contribution >= 4 is 5.91 Å². The molecule has 1 fully saturated rings. The summed E-state index contributed by atoms with van der Waals surface area (Å²) in [5.41, 5.74) is 2.22. The molecule has 1 unspecified atom stereocenters. The first-order valence-electron chi connectivity index (χ1n) is 8.37. The molecule has 1 aliphatic heterocycles. The molecule has 128 valence electrons. The number of carbonyl (C=O) groups is 1. The fourth-order valence-electron chi connectivity index (χ4n) is 3.18. The van der Waals surface area contributed by atoms with Gasteiger partial charge in [-0.05, 0) is 30.2 Å². The molecular weight excluding hydrogens is 314 g/mol. The third-order valence-electron chi connectivity index (χ3n) is 4.59. The molecule has 1 amide bonds. The van der Waals surface area contributed by atoms with Crippen LogP contribution in [0.5, 0.6) is 5.75 Å². The SMILES string of the molecule is Cc1ccc(C(=O)N2CCN(C(C#N)c3ccccc3)CC2)c(O)c1. The van der Waals surface area contributed by atoms with Gasteiger partial charge in [-0.3, -0.25) is 9.69 Å². The number of carbonyl (C=O) groups excluding carboxylic acids is 1. The molecule has 1 aliphatic rings. The molecule has 1 saturated heterocycles. The van der Waals surface area contributed by atoms with Gasteiger partial charge in [0.05, 0.1) is 11.6 Å². The molecule has 1 heterocycles. The van der Waals surface area contributed by atoms with Crippen LogP contribution in [-0.4, -0.2) is 47.0 Å².